The van der Waals surface area contributed by atoms with E-state index in [0.29, 0.717) is 18.1 Å². The predicted octanol–water partition coefficient (Wildman–Crippen LogP) is 0.626. The second-order valence-corrected chi connectivity index (χ2v) is 7.44. The summed E-state index contributed by atoms with van der Waals surface area (Å²) in [5, 5.41) is 8.61. The molecule has 136 valence electrons. The van der Waals surface area contributed by atoms with Crippen LogP contribution in [0.25, 0.3) is 0 Å². The Morgan fingerprint density at radius 3 is 2.67 bits per heavy atom. The Kier molecular flexibility index (Phi) is 10.5. The smallest absolute Gasteiger partial charge is 0.243 e. The van der Waals surface area contributed by atoms with Crippen molar-refractivity contribution in [2.45, 2.75) is 19.4 Å². The van der Waals surface area contributed by atoms with Gasteiger partial charge in [-0.3, -0.25) is 14.8 Å². The number of carbonyl (C=O) groups excluding carboxylic acids is 1. The number of anilines is 1. The first-order valence-corrected chi connectivity index (χ1v) is 9.21. The minimum atomic E-state index is -2.99. The fraction of sp³-hybridized carbons (Fsp3) is 0.500. The number of amides is 1. The lowest BCUT2D eigenvalue weighted by atomic mass is 10.3. The lowest BCUT2D eigenvalue weighted by molar-refractivity contribution is -0.115. The zero-order chi connectivity index (χ0) is 17.3. The van der Waals surface area contributed by atoms with E-state index in [-0.39, 0.29) is 48.2 Å². The minimum Gasteiger partial charge on any atom is -0.354 e. The zero-order valence-corrected chi connectivity index (χ0v) is 17.1. The van der Waals surface area contributed by atoms with Gasteiger partial charge in [0.05, 0.1) is 24.2 Å². The number of nitrogens with one attached hydrogen (secondary N) is 3. The summed E-state index contributed by atoms with van der Waals surface area (Å²) >= 11 is 0. The molecule has 24 heavy (non-hydrogen) atoms. The molecule has 0 aliphatic heterocycles. The molecule has 3 N–H and O–H groups in total. The van der Waals surface area contributed by atoms with Crippen molar-refractivity contribution in [2.75, 3.05) is 30.9 Å². The summed E-state index contributed by atoms with van der Waals surface area (Å²) in [5.41, 5.74) is 0.615. The Labute approximate surface area is 159 Å². The molecule has 1 amide bonds. The molecule has 0 fully saturated rings. The standard InChI is InChI=1S/C14H23N5O3S.HI/c1-11(6-8-23(3,21)22)18-14(15-2)17-10-13(20)19-12-5-4-7-16-9-12;/h4-5,7,9,11H,6,8,10H2,1-3H3,(H,19,20)(H2,15,17,18);1H. The molecule has 0 aliphatic carbocycles. The average molecular weight is 469 g/mol. The summed E-state index contributed by atoms with van der Waals surface area (Å²) in [6, 6.07) is 3.38. The molecular formula is C14H24IN5O3S. The van der Waals surface area contributed by atoms with E-state index in [1.54, 1.807) is 31.6 Å². The third kappa shape index (κ3) is 10.4. The van der Waals surface area contributed by atoms with Crippen molar-refractivity contribution in [3.8, 4) is 0 Å². The second kappa shape index (κ2) is 11.2. The van der Waals surface area contributed by atoms with Gasteiger partial charge in [-0.1, -0.05) is 0 Å². The number of pyridine rings is 1. The van der Waals surface area contributed by atoms with E-state index in [4.69, 9.17) is 0 Å². The summed E-state index contributed by atoms with van der Waals surface area (Å²) in [4.78, 5) is 19.7. The molecule has 1 heterocycles. The van der Waals surface area contributed by atoms with Crippen molar-refractivity contribution in [3.05, 3.63) is 24.5 Å². The maximum absolute atomic E-state index is 11.8. The van der Waals surface area contributed by atoms with Gasteiger partial charge in [0, 0.05) is 25.5 Å². The number of halogens is 1. The van der Waals surface area contributed by atoms with E-state index in [1.165, 1.54) is 6.26 Å². The quantitative estimate of drug-likeness (QED) is 0.307. The Bertz CT molecular complexity index is 637. The van der Waals surface area contributed by atoms with Gasteiger partial charge in [-0.2, -0.15) is 0 Å². The number of guanidine groups is 1. The number of carbonyl (C=O) groups is 1. The largest absolute Gasteiger partial charge is 0.354 e. The number of hydrogen-bond donors (Lipinski definition) is 3. The molecule has 0 aromatic carbocycles. The van der Waals surface area contributed by atoms with Gasteiger partial charge >= 0.3 is 0 Å². The van der Waals surface area contributed by atoms with Gasteiger partial charge < -0.3 is 16.0 Å². The van der Waals surface area contributed by atoms with Gasteiger partial charge in [-0.15, -0.1) is 24.0 Å². The maximum Gasteiger partial charge on any atom is 0.243 e. The summed E-state index contributed by atoms with van der Waals surface area (Å²) in [6.07, 6.45) is 4.84. The monoisotopic (exact) mass is 469 g/mol. The van der Waals surface area contributed by atoms with Crippen LogP contribution in [0.2, 0.25) is 0 Å². The van der Waals surface area contributed by atoms with Crippen molar-refractivity contribution < 1.29 is 13.2 Å². The molecule has 0 spiro atoms. The summed E-state index contributed by atoms with van der Waals surface area (Å²) < 4.78 is 22.3. The number of rotatable bonds is 7. The third-order valence-corrected chi connectivity index (χ3v) is 3.87. The average Bonchev–Trinajstić information content (AvgIpc) is 2.49. The van der Waals surface area contributed by atoms with Crippen LogP contribution >= 0.6 is 24.0 Å². The van der Waals surface area contributed by atoms with Crippen LogP contribution in [0.4, 0.5) is 5.69 Å². The Hall–Kier alpha value is -1.43. The molecular weight excluding hydrogens is 445 g/mol. The number of aliphatic imine (C=N–C) groups is 1. The van der Waals surface area contributed by atoms with E-state index in [9.17, 15) is 13.2 Å². The highest BCUT2D eigenvalue weighted by Gasteiger charge is 2.10. The number of nitrogens with zero attached hydrogens (tertiary/aromatic N) is 2. The highest BCUT2D eigenvalue weighted by atomic mass is 127. The van der Waals surface area contributed by atoms with Crippen molar-refractivity contribution in [1.82, 2.24) is 15.6 Å². The van der Waals surface area contributed by atoms with Crippen LogP contribution in [0.1, 0.15) is 13.3 Å². The molecule has 1 aromatic rings. The Balaban J connectivity index is 0.00000529. The van der Waals surface area contributed by atoms with Crippen LogP contribution in [0.3, 0.4) is 0 Å². The van der Waals surface area contributed by atoms with E-state index >= 15 is 0 Å². The minimum absolute atomic E-state index is 0. The van der Waals surface area contributed by atoms with Crippen LogP contribution < -0.4 is 16.0 Å². The molecule has 8 nitrogen and oxygen atoms in total. The summed E-state index contributed by atoms with van der Waals surface area (Å²) in [6.45, 7) is 1.89. The van der Waals surface area contributed by atoms with Gasteiger partial charge in [-0.05, 0) is 25.5 Å². The van der Waals surface area contributed by atoms with Gasteiger partial charge in [0.1, 0.15) is 9.84 Å². The van der Waals surface area contributed by atoms with Crippen molar-refractivity contribution >= 4 is 51.4 Å². The summed E-state index contributed by atoms with van der Waals surface area (Å²) in [7, 11) is -1.41. The molecule has 1 aromatic heterocycles. The number of hydrogen-bond acceptors (Lipinski definition) is 5. The number of aromatic nitrogens is 1. The highest BCUT2D eigenvalue weighted by molar-refractivity contribution is 14.0. The SMILES string of the molecule is CN=C(NCC(=O)Nc1cccnc1)NC(C)CCS(C)(=O)=O.I. The van der Waals surface area contributed by atoms with Crippen LogP contribution in [0, 0.1) is 0 Å². The first kappa shape index (κ1) is 22.6. The molecule has 0 saturated carbocycles. The van der Waals surface area contributed by atoms with Crippen molar-refractivity contribution in [3.63, 3.8) is 0 Å². The maximum atomic E-state index is 11.8. The molecule has 0 radical (unpaired) electrons. The van der Waals surface area contributed by atoms with Gasteiger partial charge in [0.2, 0.25) is 5.91 Å². The fourth-order valence-corrected chi connectivity index (χ4v) is 2.48. The topological polar surface area (TPSA) is 113 Å². The molecule has 1 unspecified atom stereocenters. The van der Waals surface area contributed by atoms with E-state index in [1.807, 2.05) is 6.92 Å². The van der Waals surface area contributed by atoms with Gasteiger partial charge in [0.15, 0.2) is 5.96 Å². The van der Waals surface area contributed by atoms with Crippen molar-refractivity contribution in [1.29, 1.82) is 0 Å². The van der Waals surface area contributed by atoms with Crippen LogP contribution in [-0.4, -0.2) is 56.9 Å². The van der Waals surface area contributed by atoms with E-state index in [2.05, 4.69) is 25.9 Å². The Morgan fingerprint density at radius 2 is 2.12 bits per heavy atom. The third-order valence-electron chi connectivity index (χ3n) is 2.89. The first-order valence-electron chi connectivity index (χ1n) is 7.15. The zero-order valence-electron chi connectivity index (χ0n) is 13.9. The van der Waals surface area contributed by atoms with Gasteiger partial charge in [-0.25, -0.2) is 8.42 Å². The lowest BCUT2D eigenvalue weighted by Crippen LogP contribution is -2.45. The highest BCUT2D eigenvalue weighted by Crippen LogP contribution is 2.01. The van der Waals surface area contributed by atoms with Crippen LogP contribution in [-0.2, 0) is 14.6 Å². The van der Waals surface area contributed by atoms with Crippen LogP contribution in [0.5, 0.6) is 0 Å². The molecule has 1 atom stereocenters. The van der Waals surface area contributed by atoms with E-state index in [0.717, 1.165) is 0 Å². The molecule has 0 saturated heterocycles. The Morgan fingerprint density at radius 1 is 1.42 bits per heavy atom. The molecule has 0 aliphatic rings. The van der Waals surface area contributed by atoms with Crippen molar-refractivity contribution in [2.24, 2.45) is 4.99 Å². The molecule has 10 heteroatoms. The lowest BCUT2D eigenvalue weighted by Gasteiger charge is -2.17. The first-order chi connectivity index (χ1) is 10.8. The second-order valence-electron chi connectivity index (χ2n) is 5.18. The van der Waals surface area contributed by atoms with E-state index < -0.39 is 9.84 Å². The normalized spacial score (nSPS) is 12.7. The predicted molar refractivity (Wildman–Crippen MR) is 107 cm³/mol. The molecule has 1 rings (SSSR count). The number of sulfone groups is 1. The van der Waals surface area contributed by atoms with Crippen LogP contribution in [0.15, 0.2) is 29.5 Å². The molecule has 0 bridgehead atoms. The van der Waals surface area contributed by atoms with Gasteiger partial charge in [0.25, 0.3) is 0 Å². The fourth-order valence-electron chi connectivity index (χ4n) is 1.70. The summed E-state index contributed by atoms with van der Waals surface area (Å²) in [5.74, 6) is 0.303.